The van der Waals surface area contributed by atoms with Crippen molar-refractivity contribution >= 4 is 49.2 Å². The van der Waals surface area contributed by atoms with Gasteiger partial charge in [0, 0.05) is 24.4 Å². The first-order valence-electron chi connectivity index (χ1n) is 20.3. The minimum absolute atomic E-state index is 0.0638. The molecule has 4 aromatic rings. The van der Waals surface area contributed by atoms with Gasteiger partial charge in [0.05, 0.1) is 36.5 Å². The van der Waals surface area contributed by atoms with E-state index in [1.54, 1.807) is 0 Å². The number of thiazole rings is 2. The van der Waals surface area contributed by atoms with Crippen molar-refractivity contribution < 1.29 is 9.53 Å². The Morgan fingerprint density at radius 3 is 1.79 bits per heavy atom. The Labute approximate surface area is 325 Å². The van der Waals surface area contributed by atoms with Gasteiger partial charge in [-0.2, -0.15) is 0 Å². The number of rotatable bonds is 4. The highest BCUT2D eigenvalue weighted by atomic mass is 32.1. The molecule has 8 rings (SSSR count). The van der Waals surface area contributed by atoms with Gasteiger partial charge in [-0.15, -0.1) is 22.7 Å². The average molecular weight is 759 g/mol. The topological polar surface area (TPSA) is 73.8 Å². The zero-order valence-electron chi connectivity index (χ0n) is 33.2. The van der Waals surface area contributed by atoms with E-state index in [-0.39, 0.29) is 12.1 Å². The second kappa shape index (κ2) is 16.6. The highest BCUT2D eigenvalue weighted by Gasteiger charge is 2.34. The van der Waals surface area contributed by atoms with E-state index in [9.17, 15) is 4.79 Å². The molecule has 0 spiro atoms. The highest BCUT2D eigenvalue weighted by molar-refractivity contribution is 7.19. The molecular weight excluding hydrogens is 697 g/mol. The summed E-state index contributed by atoms with van der Waals surface area (Å²) in [6, 6.07) is 14.1. The van der Waals surface area contributed by atoms with Crippen LogP contribution in [0.2, 0.25) is 0 Å². The number of carbonyl (C=O) groups excluding carboxylic acids is 1. The van der Waals surface area contributed by atoms with Crippen LogP contribution < -0.4 is 5.32 Å². The van der Waals surface area contributed by atoms with Crippen LogP contribution >= 0.6 is 22.7 Å². The van der Waals surface area contributed by atoms with Crippen molar-refractivity contribution in [1.29, 1.82) is 0 Å². The van der Waals surface area contributed by atoms with Crippen LogP contribution in [0.15, 0.2) is 36.4 Å². The van der Waals surface area contributed by atoms with E-state index < -0.39 is 5.60 Å². The van der Waals surface area contributed by atoms with Crippen LogP contribution in [0.3, 0.4) is 0 Å². The van der Waals surface area contributed by atoms with E-state index >= 15 is 0 Å². The molecule has 0 saturated carbocycles. The Kier molecular flexibility index (Phi) is 12.1. The van der Waals surface area contributed by atoms with Gasteiger partial charge in [-0.05, 0) is 166 Å². The minimum atomic E-state index is -0.482. The van der Waals surface area contributed by atoms with Gasteiger partial charge in [0.1, 0.15) is 5.60 Å². The smallest absolute Gasteiger partial charge is 0.410 e. The molecule has 4 unspecified atom stereocenters. The minimum Gasteiger partial charge on any atom is -0.444 e. The summed E-state index contributed by atoms with van der Waals surface area (Å²) in [4.78, 5) is 29.7. The van der Waals surface area contributed by atoms with Crippen LogP contribution in [-0.2, 0) is 4.74 Å². The molecular formula is C43H62N6O2S2. The second-order valence-electron chi connectivity index (χ2n) is 17.7. The van der Waals surface area contributed by atoms with Crippen molar-refractivity contribution in [1.82, 2.24) is 30.0 Å². The van der Waals surface area contributed by atoms with Crippen molar-refractivity contribution in [2.45, 2.75) is 116 Å². The van der Waals surface area contributed by atoms with Crippen LogP contribution in [0, 0.1) is 11.8 Å². The number of benzene rings is 2. The summed E-state index contributed by atoms with van der Waals surface area (Å²) in [5.74, 6) is 2.55. The molecule has 53 heavy (non-hydrogen) atoms. The van der Waals surface area contributed by atoms with Gasteiger partial charge in [0.2, 0.25) is 0 Å². The van der Waals surface area contributed by atoms with Crippen molar-refractivity contribution in [3.63, 3.8) is 0 Å². The van der Waals surface area contributed by atoms with Crippen LogP contribution in [-0.4, -0.2) is 89.7 Å². The normalized spacial score (nSPS) is 25.8. The van der Waals surface area contributed by atoms with Crippen molar-refractivity contribution in [2.24, 2.45) is 11.8 Å². The van der Waals surface area contributed by atoms with Gasteiger partial charge in [-0.3, -0.25) is 0 Å². The molecule has 4 atom stereocenters. The van der Waals surface area contributed by atoms with Gasteiger partial charge in [-0.25, -0.2) is 14.8 Å². The molecule has 288 valence electrons. The molecule has 0 radical (unpaired) electrons. The van der Waals surface area contributed by atoms with Gasteiger partial charge in [0.15, 0.2) is 0 Å². The largest absolute Gasteiger partial charge is 0.444 e. The first kappa shape index (κ1) is 38.6. The molecule has 4 saturated heterocycles. The number of fused-ring (bicyclic) bond motifs is 2. The summed E-state index contributed by atoms with van der Waals surface area (Å²) in [7, 11) is 4.42. The van der Waals surface area contributed by atoms with Crippen LogP contribution in [0.25, 0.3) is 20.4 Å². The Hall–Kier alpha value is -2.63. The first-order valence-corrected chi connectivity index (χ1v) is 21.9. The highest BCUT2D eigenvalue weighted by Crippen LogP contribution is 2.39. The molecule has 2 aromatic carbocycles. The number of amides is 1. The molecule has 6 heterocycles. The quantitative estimate of drug-likeness (QED) is 0.222. The molecule has 10 heteroatoms. The summed E-state index contributed by atoms with van der Waals surface area (Å²) < 4.78 is 8.33. The maximum absolute atomic E-state index is 12.9. The monoisotopic (exact) mass is 758 g/mol. The van der Waals surface area contributed by atoms with Crippen LogP contribution in [0.1, 0.15) is 131 Å². The zero-order chi connectivity index (χ0) is 37.3. The van der Waals surface area contributed by atoms with E-state index in [0.29, 0.717) is 23.8 Å². The molecule has 4 aliphatic heterocycles. The summed E-state index contributed by atoms with van der Waals surface area (Å²) in [6.45, 7) is 16.9. The van der Waals surface area contributed by atoms with E-state index in [0.717, 1.165) is 50.5 Å². The fourth-order valence-electron chi connectivity index (χ4n) is 8.51. The lowest BCUT2D eigenvalue weighted by molar-refractivity contribution is 0.00364. The van der Waals surface area contributed by atoms with Crippen molar-refractivity contribution in [3.8, 4) is 0 Å². The third-order valence-corrected chi connectivity index (χ3v) is 14.3. The fourth-order valence-corrected chi connectivity index (χ4v) is 10.7. The number of ether oxygens (including phenoxy) is 1. The van der Waals surface area contributed by atoms with E-state index in [1.165, 1.54) is 87.7 Å². The number of hydrogen-bond donors (Lipinski definition) is 1. The van der Waals surface area contributed by atoms with Gasteiger partial charge in [-0.1, -0.05) is 26.0 Å². The van der Waals surface area contributed by atoms with E-state index in [1.807, 2.05) is 48.3 Å². The lowest BCUT2D eigenvalue weighted by Gasteiger charge is -2.39. The van der Waals surface area contributed by atoms with Gasteiger partial charge < -0.3 is 24.8 Å². The van der Waals surface area contributed by atoms with Crippen LogP contribution in [0.4, 0.5) is 4.79 Å². The van der Waals surface area contributed by atoms with E-state index in [4.69, 9.17) is 14.7 Å². The predicted octanol–water partition coefficient (Wildman–Crippen LogP) is 9.98. The van der Waals surface area contributed by atoms with Crippen molar-refractivity contribution in [2.75, 3.05) is 53.4 Å². The maximum Gasteiger partial charge on any atom is 0.410 e. The lowest BCUT2D eigenvalue weighted by Crippen LogP contribution is -2.44. The van der Waals surface area contributed by atoms with Gasteiger partial charge in [0.25, 0.3) is 0 Å². The Morgan fingerprint density at radius 2 is 1.26 bits per heavy atom. The zero-order valence-corrected chi connectivity index (χ0v) is 34.8. The fraction of sp³-hybridized carbons (Fsp3) is 0.651. The molecule has 2 aromatic heterocycles. The number of hydrogen-bond acceptors (Lipinski definition) is 9. The summed E-state index contributed by atoms with van der Waals surface area (Å²) >= 11 is 3.75. The first-order chi connectivity index (χ1) is 25.4. The second-order valence-corrected chi connectivity index (χ2v) is 19.8. The van der Waals surface area contributed by atoms with Crippen molar-refractivity contribution in [3.05, 3.63) is 57.5 Å². The predicted molar refractivity (Wildman–Crippen MR) is 221 cm³/mol. The lowest BCUT2D eigenvalue weighted by atomic mass is 9.90. The number of nitrogens with zero attached hydrogens (tertiary/aromatic N) is 5. The van der Waals surface area contributed by atoms with Gasteiger partial charge >= 0.3 is 6.09 Å². The molecule has 4 aliphatic rings. The van der Waals surface area contributed by atoms with Crippen LogP contribution in [0.5, 0.6) is 0 Å². The molecule has 0 bridgehead atoms. The number of carbonyl (C=O) groups is 1. The third-order valence-electron chi connectivity index (χ3n) is 11.9. The summed E-state index contributed by atoms with van der Waals surface area (Å²) in [5, 5.41) is 6.33. The average Bonchev–Trinajstić information content (AvgIpc) is 3.76. The standard InChI is InChI=1S/C24H35N3O2S.C19H27N3S/c1-16-6-8-20(27(15-16)23(28)29-24(2,3)4)18-7-9-21-19(14-18)25-22(30-21)17-10-12-26(5)13-11-17;1-13-3-5-16(20-12-13)15-4-6-18-17(11-15)21-19(23-18)14-7-9-22(2)10-8-14/h7,9,14,16-17,20H,6,8,10-13,15H2,1-5H3;4,6,11,13-14,16,20H,3,5,7-10,12H2,1-2H3. The number of piperidine rings is 4. The third kappa shape index (κ3) is 9.61. The summed E-state index contributed by atoms with van der Waals surface area (Å²) in [5.41, 5.74) is 4.41. The molecule has 1 N–H and O–H groups in total. The van der Waals surface area contributed by atoms with E-state index in [2.05, 4.69) is 79.5 Å². The molecule has 4 fully saturated rings. The SMILES string of the molecule is CC1CCC(c2ccc3sc(C4CCN(C)CC4)nc3c2)N(C(=O)OC(C)(C)C)C1.CC1CCC(c2ccc3sc(C4CCN(C)CC4)nc3c2)NC1. The molecule has 0 aliphatic carbocycles. The molecule has 8 nitrogen and oxygen atoms in total. The number of nitrogens with one attached hydrogen (secondary N) is 1. The maximum atomic E-state index is 12.9. The number of aromatic nitrogens is 2. The Balaban J connectivity index is 0.000000170. The molecule has 1 amide bonds. The Morgan fingerprint density at radius 1 is 0.736 bits per heavy atom. The number of likely N-dealkylation sites (tertiary alicyclic amines) is 3. The summed E-state index contributed by atoms with van der Waals surface area (Å²) in [6.07, 6.45) is 9.36. The Bertz CT molecular complexity index is 1810.